The number of methoxy groups -OCH3 is 2. The van der Waals surface area contributed by atoms with E-state index in [-0.39, 0.29) is 6.54 Å². The second kappa shape index (κ2) is 10.9. The van der Waals surface area contributed by atoms with Crippen molar-refractivity contribution in [3.8, 4) is 11.5 Å². The molecule has 1 N–H and O–H groups in total. The van der Waals surface area contributed by atoms with E-state index in [1.54, 1.807) is 12.1 Å². The molecular formula is C22H31N3O5S. The third-order valence-electron chi connectivity index (χ3n) is 4.90. The topological polar surface area (TPSA) is 88.2 Å². The lowest BCUT2D eigenvalue weighted by Crippen LogP contribution is -2.40. The van der Waals surface area contributed by atoms with Gasteiger partial charge in [-0.15, -0.1) is 0 Å². The summed E-state index contributed by atoms with van der Waals surface area (Å²) in [6.45, 7) is 6.01. The summed E-state index contributed by atoms with van der Waals surface area (Å²) in [6.07, 6.45) is 1.06. The number of hydrogen-bond acceptors (Lipinski definition) is 6. The Hall–Kier alpha value is -2.94. The first-order valence-electron chi connectivity index (χ1n) is 10.0. The van der Waals surface area contributed by atoms with E-state index in [0.29, 0.717) is 23.7 Å². The van der Waals surface area contributed by atoms with Crippen molar-refractivity contribution in [3.05, 3.63) is 48.0 Å². The number of ether oxygens (including phenoxy) is 2. The summed E-state index contributed by atoms with van der Waals surface area (Å²) in [5, 5.41) is 2.78. The van der Waals surface area contributed by atoms with Crippen molar-refractivity contribution in [1.82, 2.24) is 5.32 Å². The lowest BCUT2D eigenvalue weighted by molar-refractivity contribution is -0.119. The molecule has 0 aliphatic rings. The van der Waals surface area contributed by atoms with Gasteiger partial charge in [-0.3, -0.25) is 9.10 Å². The monoisotopic (exact) mass is 449 g/mol. The molecule has 0 saturated carbocycles. The molecule has 170 valence electrons. The van der Waals surface area contributed by atoms with Crippen LogP contribution >= 0.6 is 0 Å². The number of benzene rings is 2. The van der Waals surface area contributed by atoms with E-state index in [1.807, 2.05) is 24.3 Å². The van der Waals surface area contributed by atoms with Gasteiger partial charge in [-0.2, -0.15) is 0 Å². The predicted octanol–water partition coefficient (Wildman–Crippen LogP) is 2.63. The highest BCUT2D eigenvalue weighted by atomic mass is 32.2. The van der Waals surface area contributed by atoms with Crippen LogP contribution in [0.5, 0.6) is 11.5 Å². The average Bonchev–Trinajstić information content (AvgIpc) is 2.76. The number of carbonyl (C=O) groups is 1. The van der Waals surface area contributed by atoms with Crippen LogP contribution in [0.25, 0.3) is 0 Å². The Kier molecular flexibility index (Phi) is 8.56. The van der Waals surface area contributed by atoms with Gasteiger partial charge in [0.25, 0.3) is 0 Å². The Morgan fingerprint density at radius 2 is 1.52 bits per heavy atom. The maximum Gasteiger partial charge on any atom is 0.241 e. The van der Waals surface area contributed by atoms with Crippen LogP contribution < -0.4 is 24.0 Å². The van der Waals surface area contributed by atoms with E-state index in [9.17, 15) is 13.2 Å². The molecule has 0 saturated heterocycles. The van der Waals surface area contributed by atoms with Gasteiger partial charge in [-0.25, -0.2) is 8.42 Å². The molecular weight excluding hydrogens is 418 g/mol. The normalized spacial score (nSPS) is 11.0. The zero-order valence-corrected chi connectivity index (χ0v) is 19.5. The van der Waals surface area contributed by atoms with E-state index in [1.165, 1.54) is 20.3 Å². The number of sulfonamides is 1. The number of anilines is 2. The maximum atomic E-state index is 12.5. The summed E-state index contributed by atoms with van der Waals surface area (Å²) in [6, 6.07) is 12.6. The van der Waals surface area contributed by atoms with Crippen LogP contribution in [0.15, 0.2) is 42.5 Å². The Morgan fingerprint density at radius 3 is 2.03 bits per heavy atom. The number of carbonyl (C=O) groups excluding carboxylic acids is 1. The zero-order chi connectivity index (χ0) is 23.0. The van der Waals surface area contributed by atoms with E-state index in [0.717, 1.165) is 34.9 Å². The van der Waals surface area contributed by atoms with Crippen LogP contribution in [0.4, 0.5) is 11.4 Å². The number of nitrogens with one attached hydrogen (secondary N) is 1. The number of nitrogens with zero attached hydrogens (tertiary/aromatic N) is 2. The third kappa shape index (κ3) is 6.52. The molecule has 0 unspecified atom stereocenters. The largest absolute Gasteiger partial charge is 0.493 e. The van der Waals surface area contributed by atoms with Crippen LogP contribution in [0, 0.1) is 0 Å². The predicted molar refractivity (Wildman–Crippen MR) is 124 cm³/mol. The summed E-state index contributed by atoms with van der Waals surface area (Å²) >= 11 is 0. The smallest absolute Gasteiger partial charge is 0.241 e. The summed E-state index contributed by atoms with van der Waals surface area (Å²) < 4.78 is 36.1. The third-order valence-corrected chi connectivity index (χ3v) is 6.04. The summed E-state index contributed by atoms with van der Waals surface area (Å²) in [7, 11) is -0.734. The fraction of sp³-hybridized carbons (Fsp3) is 0.409. The van der Waals surface area contributed by atoms with Gasteiger partial charge in [0.15, 0.2) is 11.5 Å². The molecule has 0 radical (unpaired) electrons. The van der Waals surface area contributed by atoms with Crippen molar-refractivity contribution in [2.75, 3.05) is 49.3 Å². The molecule has 1 amide bonds. The first-order chi connectivity index (χ1) is 14.7. The van der Waals surface area contributed by atoms with Gasteiger partial charge in [0.2, 0.25) is 15.9 Å². The van der Waals surface area contributed by atoms with Gasteiger partial charge in [0.05, 0.1) is 26.2 Å². The molecule has 0 fully saturated rings. The van der Waals surface area contributed by atoms with Crippen LogP contribution in [0.2, 0.25) is 0 Å². The van der Waals surface area contributed by atoms with E-state index >= 15 is 0 Å². The average molecular weight is 450 g/mol. The first-order valence-corrected chi connectivity index (χ1v) is 11.9. The molecule has 0 heterocycles. The van der Waals surface area contributed by atoms with Gasteiger partial charge in [0, 0.05) is 31.4 Å². The van der Waals surface area contributed by atoms with E-state index in [4.69, 9.17) is 9.47 Å². The van der Waals surface area contributed by atoms with Crippen molar-refractivity contribution in [2.45, 2.75) is 20.4 Å². The number of hydrogen-bond donors (Lipinski definition) is 1. The second-order valence-corrected chi connectivity index (χ2v) is 8.83. The number of amides is 1. The molecule has 8 nitrogen and oxygen atoms in total. The lowest BCUT2D eigenvalue weighted by Gasteiger charge is -2.23. The molecule has 0 bridgehead atoms. The van der Waals surface area contributed by atoms with Crippen LogP contribution in [0.3, 0.4) is 0 Å². The zero-order valence-electron chi connectivity index (χ0n) is 18.7. The van der Waals surface area contributed by atoms with Gasteiger partial charge < -0.3 is 19.7 Å². The maximum absolute atomic E-state index is 12.5. The Labute approximate surface area is 184 Å². The van der Waals surface area contributed by atoms with E-state index in [2.05, 4.69) is 24.1 Å². The van der Waals surface area contributed by atoms with Gasteiger partial charge in [-0.05, 0) is 43.7 Å². The minimum atomic E-state index is -3.69. The first kappa shape index (κ1) is 24.3. The minimum Gasteiger partial charge on any atom is -0.493 e. The fourth-order valence-corrected chi connectivity index (χ4v) is 4.03. The van der Waals surface area contributed by atoms with Crippen molar-refractivity contribution >= 4 is 27.3 Å². The Balaban J connectivity index is 2.09. The second-order valence-electron chi connectivity index (χ2n) is 6.92. The summed E-state index contributed by atoms with van der Waals surface area (Å²) in [5.74, 6) is 0.438. The van der Waals surface area contributed by atoms with Crippen LogP contribution in [-0.4, -0.2) is 54.4 Å². The molecule has 9 heteroatoms. The molecule has 2 aromatic rings. The van der Waals surface area contributed by atoms with Crippen molar-refractivity contribution in [3.63, 3.8) is 0 Å². The van der Waals surface area contributed by atoms with Crippen LogP contribution in [0.1, 0.15) is 19.4 Å². The summed E-state index contributed by atoms with van der Waals surface area (Å²) in [4.78, 5) is 14.7. The summed E-state index contributed by atoms with van der Waals surface area (Å²) in [5.41, 5.74) is 2.37. The van der Waals surface area contributed by atoms with Crippen molar-refractivity contribution in [1.29, 1.82) is 0 Å². The molecule has 0 atom stereocenters. The molecule has 0 aliphatic heterocycles. The standard InChI is InChI=1S/C22H31N3O5S/c1-6-24(7-2)18-10-8-17(9-11-18)15-23-22(26)16-25(31(5,27)28)19-12-13-20(29-3)21(14-19)30-4/h8-14H,6-7,15-16H2,1-5H3,(H,23,26). The minimum absolute atomic E-state index is 0.306. The van der Waals surface area contributed by atoms with Crippen molar-refractivity contribution in [2.24, 2.45) is 0 Å². The van der Waals surface area contributed by atoms with Crippen LogP contribution in [-0.2, 0) is 21.4 Å². The number of rotatable bonds is 11. The van der Waals surface area contributed by atoms with Gasteiger partial charge in [-0.1, -0.05) is 12.1 Å². The SMILES string of the molecule is CCN(CC)c1ccc(CNC(=O)CN(c2ccc(OC)c(OC)c2)S(C)(=O)=O)cc1. The van der Waals surface area contributed by atoms with E-state index < -0.39 is 15.9 Å². The molecule has 0 aliphatic carbocycles. The molecule has 0 aromatic heterocycles. The lowest BCUT2D eigenvalue weighted by atomic mass is 10.2. The fourth-order valence-electron chi connectivity index (χ4n) is 3.18. The highest BCUT2D eigenvalue weighted by Crippen LogP contribution is 2.32. The highest BCUT2D eigenvalue weighted by molar-refractivity contribution is 7.92. The Bertz CT molecular complexity index is 973. The Morgan fingerprint density at radius 1 is 0.935 bits per heavy atom. The highest BCUT2D eigenvalue weighted by Gasteiger charge is 2.22. The quantitative estimate of drug-likeness (QED) is 0.567. The molecule has 2 rings (SSSR count). The molecule has 0 spiro atoms. The van der Waals surface area contributed by atoms with Gasteiger partial charge >= 0.3 is 0 Å². The van der Waals surface area contributed by atoms with Gasteiger partial charge in [0.1, 0.15) is 6.54 Å². The molecule has 31 heavy (non-hydrogen) atoms. The van der Waals surface area contributed by atoms with Crippen molar-refractivity contribution < 1.29 is 22.7 Å². The molecule has 2 aromatic carbocycles.